The second-order valence-electron chi connectivity index (χ2n) is 5.57. The van der Waals surface area contributed by atoms with Gasteiger partial charge in [0.15, 0.2) is 0 Å². The maximum Gasteiger partial charge on any atom is 0.275 e. The standard InChI is InChI=1S/C13H18ClN3O4S/c1-8-3-10(6-15)7-16(8)22(20,21)11-4-12(14)9(2)13(5-11)17(18)19/h4-5,8,10H,3,6-7,15H2,1-2H3. The number of nitrogens with zero attached hydrogens (tertiary/aromatic N) is 2. The van der Waals surface area contributed by atoms with Gasteiger partial charge in [0, 0.05) is 24.2 Å². The predicted octanol–water partition coefficient (Wildman–Crippen LogP) is 1.91. The zero-order chi connectivity index (χ0) is 16.7. The summed E-state index contributed by atoms with van der Waals surface area (Å²) in [7, 11) is -3.84. The Labute approximate surface area is 134 Å². The Balaban J connectivity index is 2.49. The molecule has 7 nitrogen and oxygen atoms in total. The van der Waals surface area contributed by atoms with Crippen LogP contribution in [0.25, 0.3) is 0 Å². The van der Waals surface area contributed by atoms with E-state index in [1.165, 1.54) is 17.3 Å². The van der Waals surface area contributed by atoms with Crippen molar-refractivity contribution in [1.82, 2.24) is 4.31 Å². The van der Waals surface area contributed by atoms with Crippen molar-refractivity contribution in [3.8, 4) is 0 Å². The number of sulfonamides is 1. The molecule has 0 amide bonds. The SMILES string of the molecule is Cc1c(Cl)cc(S(=O)(=O)N2CC(CN)CC2C)cc1[N+](=O)[O-]. The number of nitro groups is 1. The lowest BCUT2D eigenvalue weighted by atomic mass is 10.1. The van der Waals surface area contributed by atoms with Gasteiger partial charge >= 0.3 is 0 Å². The minimum atomic E-state index is -3.84. The van der Waals surface area contributed by atoms with Crippen molar-refractivity contribution in [2.24, 2.45) is 11.7 Å². The van der Waals surface area contributed by atoms with E-state index in [0.29, 0.717) is 19.5 Å². The van der Waals surface area contributed by atoms with Crippen molar-refractivity contribution in [3.63, 3.8) is 0 Å². The van der Waals surface area contributed by atoms with Crippen molar-refractivity contribution in [1.29, 1.82) is 0 Å². The van der Waals surface area contributed by atoms with E-state index < -0.39 is 14.9 Å². The van der Waals surface area contributed by atoms with Crippen LogP contribution in [0.2, 0.25) is 5.02 Å². The van der Waals surface area contributed by atoms with Crippen LogP contribution in [0.4, 0.5) is 5.69 Å². The molecule has 1 aromatic rings. The number of benzene rings is 1. The molecule has 0 spiro atoms. The van der Waals surface area contributed by atoms with Crippen LogP contribution in [0.1, 0.15) is 18.9 Å². The summed E-state index contributed by atoms with van der Waals surface area (Å²) in [6, 6.07) is 2.14. The lowest BCUT2D eigenvalue weighted by Gasteiger charge is -2.21. The molecule has 9 heteroatoms. The molecule has 1 aromatic carbocycles. The first-order valence-corrected chi connectivity index (χ1v) is 8.66. The first kappa shape index (κ1) is 17.1. The minimum Gasteiger partial charge on any atom is -0.330 e. The molecule has 0 saturated carbocycles. The fourth-order valence-corrected chi connectivity index (χ4v) is 4.77. The predicted molar refractivity (Wildman–Crippen MR) is 83.4 cm³/mol. The Morgan fingerprint density at radius 2 is 2.14 bits per heavy atom. The fourth-order valence-electron chi connectivity index (χ4n) is 2.73. The molecule has 0 radical (unpaired) electrons. The van der Waals surface area contributed by atoms with E-state index >= 15 is 0 Å². The van der Waals surface area contributed by atoms with Gasteiger partial charge in [-0.2, -0.15) is 4.31 Å². The number of hydrogen-bond donors (Lipinski definition) is 1. The number of rotatable bonds is 4. The molecular formula is C13H18ClN3O4S. The molecule has 1 heterocycles. The zero-order valence-electron chi connectivity index (χ0n) is 12.3. The van der Waals surface area contributed by atoms with Crippen LogP contribution in [0.3, 0.4) is 0 Å². The maximum absolute atomic E-state index is 12.7. The van der Waals surface area contributed by atoms with Crippen LogP contribution in [-0.4, -0.2) is 36.8 Å². The van der Waals surface area contributed by atoms with Crippen molar-refractivity contribution in [3.05, 3.63) is 32.8 Å². The molecule has 1 fully saturated rings. The van der Waals surface area contributed by atoms with Gasteiger partial charge in [-0.05, 0) is 38.8 Å². The second-order valence-corrected chi connectivity index (χ2v) is 7.87. The topological polar surface area (TPSA) is 107 Å². The summed E-state index contributed by atoms with van der Waals surface area (Å²) in [5.74, 6) is 0.0979. The summed E-state index contributed by atoms with van der Waals surface area (Å²) in [6.07, 6.45) is 0.678. The summed E-state index contributed by atoms with van der Waals surface area (Å²) < 4.78 is 26.8. The Bertz CT molecular complexity index is 707. The number of nitro benzene ring substituents is 1. The molecule has 2 N–H and O–H groups in total. The first-order chi connectivity index (χ1) is 10.2. The van der Waals surface area contributed by atoms with E-state index in [-0.39, 0.29) is 33.1 Å². The minimum absolute atomic E-state index is 0.0648. The summed E-state index contributed by atoms with van der Waals surface area (Å²) >= 11 is 5.96. The van der Waals surface area contributed by atoms with E-state index in [9.17, 15) is 18.5 Å². The third kappa shape index (κ3) is 2.96. The van der Waals surface area contributed by atoms with Gasteiger partial charge in [-0.3, -0.25) is 10.1 Å². The smallest absolute Gasteiger partial charge is 0.275 e. The quantitative estimate of drug-likeness (QED) is 0.661. The molecule has 0 aromatic heterocycles. The Morgan fingerprint density at radius 3 is 2.64 bits per heavy atom. The number of hydrogen-bond acceptors (Lipinski definition) is 5. The van der Waals surface area contributed by atoms with Gasteiger partial charge in [-0.15, -0.1) is 0 Å². The molecule has 0 aliphatic carbocycles. The van der Waals surface area contributed by atoms with Crippen LogP contribution >= 0.6 is 11.6 Å². The molecule has 2 atom stereocenters. The Hall–Kier alpha value is -1.22. The highest BCUT2D eigenvalue weighted by molar-refractivity contribution is 7.89. The van der Waals surface area contributed by atoms with Gasteiger partial charge in [0.25, 0.3) is 5.69 Å². The highest BCUT2D eigenvalue weighted by atomic mass is 35.5. The van der Waals surface area contributed by atoms with Crippen LogP contribution < -0.4 is 5.73 Å². The molecular weight excluding hydrogens is 330 g/mol. The average Bonchev–Trinajstić information content (AvgIpc) is 2.83. The van der Waals surface area contributed by atoms with Crippen molar-refractivity contribution in [2.45, 2.75) is 31.2 Å². The second kappa shape index (κ2) is 6.11. The van der Waals surface area contributed by atoms with Crippen molar-refractivity contribution < 1.29 is 13.3 Å². The highest BCUT2D eigenvalue weighted by Gasteiger charge is 2.38. The molecule has 1 saturated heterocycles. The summed E-state index contributed by atoms with van der Waals surface area (Å²) in [6.45, 7) is 4.02. The molecule has 122 valence electrons. The van der Waals surface area contributed by atoms with Gasteiger partial charge in [-0.25, -0.2) is 8.42 Å². The number of halogens is 1. The van der Waals surface area contributed by atoms with E-state index in [1.54, 1.807) is 6.92 Å². The van der Waals surface area contributed by atoms with Gasteiger partial charge in [-0.1, -0.05) is 11.6 Å². The third-order valence-electron chi connectivity index (χ3n) is 4.03. The van der Waals surface area contributed by atoms with Crippen molar-refractivity contribution >= 4 is 27.3 Å². The van der Waals surface area contributed by atoms with E-state index in [4.69, 9.17) is 17.3 Å². The molecule has 0 bridgehead atoms. The first-order valence-electron chi connectivity index (χ1n) is 6.85. The summed E-state index contributed by atoms with van der Waals surface area (Å²) in [4.78, 5) is 10.3. The van der Waals surface area contributed by atoms with Crippen LogP contribution in [0.5, 0.6) is 0 Å². The fraction of sp³-hybridized carbons (Fsp3) is 0.538. The van der Waals surface area contributed by atoms with Gasteiger partial charge in [0.2, 0.25) is 10.0 Å². The molecule has 2 rings (SSSR count). The van der Waals surface area contributed by atoms with E-state index in [2.05, 4.69) is 0 Å². The van der Waals surface area contributed by atoms with Gasteiger partial charge < -0.3 is 5.73 Å². The normalized spacial score (nSPS) is 22.9. The molecule has 2 unspecified atom stereocenters. The molecule has 22 heavy (non-hydrogen) atoms. The summed E-state index contributed by atoms with van der Waals surface area (Å²) in [5.41, 5.74) is 5.57. The number of nitrogens with two attached hydrogens (primary N) is 1. The van der Waals surface area contributed by atoms with Crippen LogP contribution in [0.15, 0.2) is 17.0 Å². The van der Waals surface area contributed by atoms with Crippen LogP contribution in [0, 0.1) is 23.0 Å². The van der Waals surface area contributed by atoms with E-state index in [1.807, 2.05) is 0 Å². The third-order valence-corrected chi connectivity index (χ3v) is 6.38. The zero-order valence-corrected chi connectivity index (χ0v) is 13.9. The lowest BCUT2D eigenvalue weighted by Crippen LogP contribution is -2.34. The van der Waals surface area contributed by atoms with Crippen LogP contribution in [-0.2, 0) is 10.0 Å². The Kier molecular flexibility index (Phi) is 4.76. The largest absolute Gasteiger partial charge is 0.330 e. The van der Waals surface area contributed by atoms with Gasteiger partial charge in [0.05, 0.1) is 14.8 Å². The van der Waals surface area contributed by atoms with E-state index in [0.717, 1.165) is 6.07 Å². The lowest BCUT2D eigenvalue weighted by molar-refractivity contribution is -0.385. The molecule has 1 aliphatic rings. The molecule has 1 aliphatic heterocycles. The summed E-state index contributed by atoms with van der Waals surface area (Å²) in [5, 5.41) is 11.1. The monoisotopic (exact) mass is 347 g/mol. The van der Waals surface area contributed by atoms with Gasteiger partial charge in [0.1, 0.15) is 0 Å². The van der Waals surface area contributed by atoms with Crippen molar-refractivity contribution in [2.75, 3.05) is 13.1 Å². The average molecular weight is 348 g/mol. The Morgan fingerprint density at radius 1 is 1.50 bits per heavy atom. The highest BCUT2D eigenvalue weighted by Crippen LogP contribution is 2.34. The maximum atomic E-state index is 12.7.